The van der Waals surface area contributed by atoms with Crippen molar-refractivity contribution in [2.24, 2.45) is 0 Å². The van der Waals surface area contributed by atoms with E-state index in [0.29, 0.717) is 24.8 Å². The highest BCUT2D eigenvalue weighted by Crippen LogP contribution is 2.36. The maximum Gasteiger partial charge on any atom is 0.258 e. The van der Waals surface area contributed by atoms with Gasteiger partial charge in [-0.3, -0.25) is 4.79 Å². The number of nitrogens with one attached hydrogen (secondary N) is 2. The first kappa shape index (κ1) is 21.4. The Balaban J connectivity index is 1.51. The first-order chi connectivity index (χ1) is 16.1. The van der Waals surface area contributed by atoms with E-state index in [1.54, 1.807) is 0 Å². The van der Waals surface area contributed by atoms with E-state index in [9.17, 15) is 4.79 Å². The van der Waals surface area contributed by atoms with Crippen molar-refractivity contribution in [3.8, 4) is 16.9 Å². The number of amides is 1. The molecule has 0 fully saturated rings. The van der Waals surface area contributed by atoms with Gasteiger partial charge in [0.2, 0.25) is 0 Å². The van der Waals surface area contributed by atoms with Gasteiger partial charge in [0.1, 0.15) is 5.75 Å². The van der Waals surface area contributed by atoms with E-state index in [1.807, 2.05) is 47.4 Å². The molecule has 0 radical (unpaired) electrons. The van der Waals surface area contributed by atoms with Gasteiger partial charge in [-0.2, -0.15) is 0 Å². The van der Waals surface area contributed by atoms with Crippen molar-refractivity contribution in [3.05, 3.63) is 71.8 Å². The van der Waals surface area contributed by atoms with Gasteiger partial charge in [-0.05, 0) is 79.8 Å². The van der Waals surface area contributed by atoms with E-state index in [1.165, 1.54) is 11.3 Å². The van der Waals surface area contributed by atoms with Crippen LogP contribution in [0, 0.1) is 0 Å². The molecular formula is C28H31N3O2. The Bertz CT molecular complexity index is 1170. The zero-order valence-electron chi connectivity index (χ0n) is 19.4. The van der Waals surface area contributed by atoms with E-state index in [0.717, 1.165) is 54.1 Å². The molecule has 0 bridgehead atoms. The number of nitrogens with zero attached hydrogens (tertiary/aromatic N) is 1. The molecule has 0 aliphatic carbocycles. The third kappa shape index (κ3) is 4.28. The zero-order valence-corrected chi connectivity index (χ0v) is 19.4. The summed E-state index contributed by atoms with van der Waals surface area (Å²) in [5, 5.41) is 6.94. The van der Waals surface area contributed by atoms with Crippen molar-refractivity contribution < 1.29 is 9.53 Å². The summed E-state index contributed by atoms with van der Waals surface area (Å²) in [6.45, 7) is 6.52. The van der Waals surface area contributed by atoms with Gasteiger partial charge in [0, 0.05) is 35.9 Å². The summed E-state index contributed by atoms with van der Waals surface area (Å²) in [5.74, 6) is 0.771. The lowest BCUT2D eigenvalue weighted by molar-refractivity contribution is 0.0986. The second kappa shape index (κ2) is 9.18. The van der Waals surface area contributed by atoms with E-state index < -0.39 is 0 Å². The number of carbonyl (C=O) groups excluding carboxylic acids is 1. The molecule has 3 aromatic carbocycles. The number of benzene rings is 3. The van der Waals surface area contributed by atoms with Gasteiger partial charge >= 0.3 is 0 Å². The summed E-state index contributed by atoms with van der Waals surface area (Å²) in [5.41, 5.74) is 7.28. The van der Waals surface area contributed by atoms with Crippen LogP contribution in [-0.4, -0.2) is 31.6 Å². The van der Waals surface area contributed by atoms with Gasteiger partial charge in [-0.25, -0.2) is 0 Å². The van der Waals surface area contributed by atoms with Crippen LogP contribution in [0.5, 0.6) is 5.75 Å². The lowest BCUT2D eigenvalue weighted by atomic mass is 9.99. The zero-order chi connectivity index (χ0) is 22.8. The Kier molecular flexibility index (Phi) is 5.95. The summed E-state index contributed by atoms with van der Waals surface area (Å²) < 4.78 is 6.15. The summed E-state index contributed by atoms with van der Waals surface area (Å²) >= 11 is 0. The standard InChI is InChI=1S/C28H31N3O2/c1-3-16-33-27-18-22(8-10-23(27)20-9-11-24-21(17-20)12-14-29-24)28(32)31-15-13-19(2)30-25-6-4-5-7-26(25)31/h4-11,17-19,29-30H,3,12-16H2,1-2H3. The molecule has 2 heterocycles. The van der Waals surface area contributed by atoms with Gasteiger partial charge in [0.05, 0.1) is 18.0 Å². The van der Waals surface area contributed by atoms with E-state index in [2.05, 4.69) is 42.7 Å². The molecule has 1 amide bonds. The van der Waals surface area contributed by atoms with Crippen LogP contribution in [0.3, 0.4) is 0 Å². The molecule has 5 heteroatoms. The molecule has 0 saturated heterocycles. The summed E-state index contributed by atoms with van der Waals surface area (Å²) in [6, 6.07) is 20.8. The molecule has 2 aliphatic rings. The highest BCUT2D eigenvalue weighted by Gasteiger charge is 2.25. The molecule has 0 aromatic heterocycles. The largest absolute Gasteiger partial charge is 0.493 e. The Morgan fingerprint density at radius 3 is 2.85 bits per heavy atom. The van der Waals surface area contributed by atoms with Crippen LogP contribution in [0.2, 0.25) is 0 Å². The molecule has 1 atom stereocenters. The summed E-state index contributed by atoms with van der Waals surface area (Å²) in [6.07, 6.45) is 2.83. The first-order valence-electron chi connectivity index (χ1n) is 12.0. The Morgan fingerprint density at radius 2 is 1.97 bits per heavy atom. The number of rotatable bonds is 5. The smallest absolute Gasteiger partial charge is 0.258 e. The normalized spacial score (nSPS) is 16.8. The van der Waals surface area contributed by atoms with Crippen molar-refractivity contribution in [1.29, 1.82) is 0 Å². The van der Waals surface area contributed by atoms with Crippen LogP contribution < -0.4 is 20.3 Å². The molecule has 3 aromatic rings. The molecule has 0 spiro atoms. The number of para-hydroxylation sites is 2. The molecule has 5 nitrogen and oxygen atoms in total. The Hall–Kier alpha value is -3.47. The minimum Gasteiger partial charge on any atom is -0.493 e. The highest BCUT2D eigenvalue weighted by molar-refractivity contribution is 6.08. The molecule has 1 unspecified atom stereocenters. The van der Waals surface area contributed by atoms with Gasteiger partial charge in [0.15, 0.2) is 0 Å². The van der Waals surface area contributed by atoms with Crippen molar-refractivity contribution in [2.75, 3.05) is 35.2 Å². The number of anilines is 3. The maximum absolute atomic E-state index is 13.7. The predicted molar refractivity (Wildman–Crippen MR) is 136 cm³/mol. The first-order valence-corrected chi connectivity index (χ1v) is 12.0. The fourth-order valence-corrected chi connectivity index (χ4v) is 4.68. The fraction of sp³-hybridized carbons (Fsp3) is 0.321. The summed E-state index contributed by atoms with van der Waals surface area (Å²) in [4.78, 5) is 15.6. The van der Waals surface area contributed by atoms with E-state index in [-0.39, 0.29) is 5.91 Å². The van der Waals surface area contributed by atoms with Crippen LogP contribution in [0.25, 0.3) is 11.1 Å². The van der Waals surface area contributed by atoms with E-state index in [4.69, 9.17) is 4.74 Å². The lowest BCUT2D eigenvalue weighted by Gasteiger charge is -2.23. The number of hydrogen-bond acceptors (Lipinski definition) is 4. The predicted octanol–water partition coefficient (Wildman–Crippen LogP) is 5.96. The lowest BCUT2D eigenvalue weighted by Crippen LogP contribution is -2.32. The molecule has 33 heavy (non-hydrogen) atoms. The second-order valence-corrected chi connectivity index (χ2v) is 8.92. The summed E-state index contributed by atoms with van der Waals surface area (Å²) in [7, 11) is 0. The third-order valence-corrected chi connectivity index (χ3v) is 6.44. The number of hydrogen-bond donors (Lipinski definition) is 2. The molecule has 5 rings (SSSR count). The molecule has 170 valence electrons. The van der Waals surface area contributed by atoms with Crippen LogP contribution in [0.15, 0.2) is 60.7 Å². The van der Waals surface area contributed by atoms with Crippen molar-refractivity contribution >= 4 is 23.0 Å². The van der Waals surface area contributed by atoms with Crippen LogP contribution >= 0.6 is 0 Å². The highest BCUT2D eigenvalue weighted by atomic mass is 16.5. The Labute approximate surface area is 195 Å². The molecule has 0 saturated carbocycles. The monoisotopic (exact) mass is 441 g/mol. The number of carbonyl (C=O) groups is 1. The maximum atomic E-state index is 13.7. The average Bonchev–Trinajstić information content (AvgIpc) is 3.24. The SMILES string of the molecule is CCCOc1cc(C(=O)N2CCC(C)Nc3ccccc32)ccc1-c1ccc2c(c1)CCN2. The molecule has 2 aliphatic heterocycles. The molecule has 2 N–H and O–H groups in total. The second-order valence-electron chi connectivity index (χ2n) is 8.92. The Morgan fingerprint density at radius 1 is 1.09 bits per heavy atom. The van der Waals surface area contributed by atoms with E-state index >= 15 is 0 Å². The van der Waals surface area contributed by atoms with Gasteiger partial charge in [0.25, 0.3) is 5.91 Å². The van der Waals surface area contributed by atoms with Crippen LogP contribution in [0.4, 0.5) is 17.1 Å². The van der Waals surface area contributed by atoms with Crippen LogP contribution in [-0.2, 0) is 6.42 Å². The average molecular weight is 442 g/mol. The number of ether oxygens (including phenoxy) is 1. The van der Waals surface area contributed by atoms with Gasteiger partial charge in [-0.1, -0.05) is 25.1 Å². The van der Waals surface area contributed by atoms with Gasteiger partial charge in [-0.15, -0.1) is 0 Å². The fourth-order valence-electron chi connectivity index (χ4n) is 4.68. The van der Waals surface area contributed by atoms with Crippen LogP contribution in [0.1, 0.15) is 42.6 Å². The quantitative estimate of drug-likeness (QED) is 0.513. The minimum atomic E-state index is 0.00408. The van der Waals surface area contributed by atoms with Crippen molar-refractivity contribution in [2.45, 2.75) is 39.2 Å². The molecular weight excluding hydrogens is 410 g/mol. The van der Waals surface area contributed by atoms with Crippen molar-refractivity contribution in [3.63, 3.8) is 0 Å². The topological polar surface area (TPSA) is 53.6 Å². The van der Waals surface area contributed by atoms with Crippen molar-refractivity contribution in [1.82, 2.24) is 0 Å². The van der Waals surface area contributed by atoms with Gasteiger partial charge < -0.3 is 20.3 Å². The number of fused-ring (bicyclic) bond motifs is 2. The minimum absolute atomic E-state index is 0.00408. The third-order valence-electron chi connectivity index (χ3n) is 6.44.